The number of aryl methyl sites for hydroxylation is 1. The molecule has 2 aromatic rings. The third-order valence-electron chi connectivity index (χ3n) is 9.32. The van der Waals surface area contributed by atoms with Gasteiger partial charge >= 0.3 is 0 Å². The van der Waals surface area contributed by atoms with E-state index in [0.29, 0.717) is 11.8 Å². The average molecular weight is 463 g/mol. The van der Waals surface area contributed by atoms with Gasteiger partial charge in [-0.3, -0.25) is 0 Å². The summed E-state index contributed by atoms with van der Waals surface area (Å²) >= 11 is 0. The number of allylic oxidation sites excluding steroid dienone is 5. The molecule has 0 nitrogen and oxygen atoms in total. The van der Waals surface area contributed by atoms with E-state index in [1.54, 1.807) is 5.56 Å². The largest absolute Gasteiger partial charge is 0.0986 e. The van der Waals surface area contributed by atoms with Crippen molar-refractivity contribution in [3.63, 3.8) is 0 Å². The molecule has 35 heavy (non-hydrogen) atoms. The number of hydrogen-bond acceptors (Lipinski definition) is 0. The lowest BCUT2D eigenvalue weighted by molar-refractivity contribution is 0.356. The predicted molar refractivity (Wildman–Crippen MR) is 153 cm³/mol. The van der Waals surface area contributed by atoms with Crippen LogP contribution in [0.1, 0.15) is 78.8 Å². The molecule has 2 atom stereocenters. The summed E-state index contributed by atoms with van der Waals surface area (Å²) in [5.41, 5.74) is 16.0. The average Bonchev–Trinajstić information content (AvgIpc) is 3.28. The van der Waals surface area contributed by atoms with Crippen molar-refractivity contribution >= 4 is 6.08 Å². The van der Waals surface area contributed by atoms with Crippen molar-refractivity contribution in [2.75, 3.05) is 0 Å². The summed E-state index contributed by atoms with van der Waals surface area (Å²) in [6, 6.07) is 9.46. The Morgan fingerprint density at radius 2 is 1.69 bits per heavy atom. The van der Waals surface area contributed by atoms with E-state index in [4.69, 9.17) is 0 Å². The highest BCUT2D eigenvalue weighted by Crippen LogP contribution is 2.43. The zero-order valence-corrected chi connectivity index (χ0v) is 22.3. The second kappa shape index (κ2) is 9.81. The van der Waals surface area contributed by atoms with Crippen LogP contribution in [-0.4, -0.2) is 0 Å². The van der Waals surface area contributed by atoms with Crippen molar-refractivity contribution in [3.8, 4) is 11.1 Å². The van der Waals surface area contributed by atoms with Crippen LogP contribution in [0.3, 0.4) is 0 Å². The van der Waals surface area contributed by atoms with E-state index >= 15 is 0 Å². The number of fused-ring (bicyclic) bond motifs is 1. The minimum Gasteiger partial charge on any atom is -0.0986 e. The van der Waals surface area contributed by atoms with Gasteiger partial charge in [0.2, 0.25) is 0 Å². The quantitative estimate of drug-likeness (QED) is 0.388. The Labute approximate surface area is 213 Å². The molecule has 0 heterocycles. The lowest BCUT2D eigenvalue weighted by Gasteiger charge is -2.28. The molecule has 2 unspecified atom stereocenters. The maximum atomic E-state index is 4.44. The smallest absolute Gasteiger partial charge is 0.00826 e. The molecule has 0 saturated heterocycles. The molecular formula is C35H42. The van der Waals surface area contributed by atoms with Crippen molar-refractivity contribution in [3.05, 3.63) is 99.7 Å². The molecule has 0 radical (unpaired) electrons. The summed E-state index contributed by atoms with van der Waals surface area (Å²) in [4.78, 5) is 0. The van der Waals surface area contributed by atoms with E-state index < -0.39 is 0 Å². The molecule has 2 aromatic carbocycles. The molecule has 0 aromatic heterocycles. The van der Waals surface area contributed by atoms with Gasteiger partial charge in [-0.2, -0.15) is 0 Å². The Balaban J connectivity index is 1.48. The van der Waals surface area contributed by atoms with Crippen molar-refractivity contribution in [2.45, 2.75) is 79.1 Å². The van der Waals surface area contributed by atoms with Gasteiger partial charge in [-0.05, 0) is 102 Å². The first-order valence-corrected chi connectivity index (χ1v) is 13.8. The Morgan fingerprint density at radius 1 is 0.914 bits per heavy atom. The Morgan fingerprint density at radius 3 is 2.46 bits per heavy atom. The number of benzene rings is 2. The molecular weight excluding hydrogens is 420 g/mol. The molecule has 5 rings (SSSR count). The molecule has 0 aliphatic heterocycles. The molecule has 182 valence electrons. The lowest BCUT2D eigenvalue weighted by atomic mass is 9.77. The summed E-state index contributed by atoms with van der Waals surface area (Å²) in [5, 5.41) is 0. The van der Waals surface area contributed by atoms with Crippen LogP contribution < -0.4 is 0 Å². The molecule has 0 N–H and O–H groups in total. The third-order valence-corrected chi connectivity index (χ3v) is 9.32. The molecule has 1 fully saturated rings. The van der Waals surface area contributed by atoms with Crippen LogP contribution in [0.2, 0.25) is 0 Å². The van der Waals surface area contributed by atoms with Crippen LogP contribution in [0.15, 0.2) is 66.3 Å². The van der Waals surface area contributed by atoms with Crippen LogP contribution in [0.5, 0.6) is 0 Å². The number of hydrogen-bond donors (Lipinski definition) is 0. The van der Waals surface area contributed by atoms with Gasteiger partial charge in [0.05, 0.1) is 0 Å². The molecule has 0 spiro atoms. The van der Waals surface area contributed by atoms with Crippen molar-refractivity contribution in [1.82, 2.24) is 0 Å². The van der Waals surface area contributed by atoms with Crippen molar-refractivity contribution in [2.24, 2.45) is 17.8 Å². The highest BCUT2D eigenvalue weighted by molar-refractivity contribution is 5.80. The van der Waals surface area contributed by atoms with Gasteiger partial charge in [0.15, 0.2) is 0 Å². The highest BCUT2D eigenvalue weighted by atomic mass is 14.3. The van der Waals surface area contributed by atoms with Crippen LogP contribution in [0.25, 0.3) is 17.2 Å². The van der Waals surface area contributed by atoms with Gasteiger partial charge in [-0.25, -0.2) is 0 Å². The van der Waals surface area contributed by atoms with Crippen LogP contribution >= 0.6 is 0 Å². The Bertz CT molecular complexity index is 1230. The van der Waals surface area contributed by atoms with Gasteiger partial charge in [-0.1, -0.05) is 106 Å². The summed E-state index contributed by atoms with van der Waals surface area (Å²) in [5.74, 6) is 1.64. The van der Waals surface area contributed by atoms with Crippen molar-refractivity contribution < 1.29 is 0 Å². The SMILES string of the molecule is C=C1C=CC(C)C(=C)C1CC1=Cc2cccc(-c3cc(C)c(C)c(C)c3CC3CCCCC3)c2C1. The zero-order valence-electron chi connectivity index (χ0n) is 22.3. The summed E-state index contributed by atoms with van der Waals surface area (Å²) in [6.07, 6.45) is 17.3. The Kier molecular flexibility index (Phi) is 6.75. The van der Waals surface area contributed by atoms with Crippen LogP contribution in [0, 0.1) is 38.5 Å². The zero-order chi connectivity index (χ0) is 24.7. The van der Waals surface area contributed by atoms with Crippen LogP contribution in [-0.2, 0) is 12.8 Å². The van der Waals surface area contributed by atoms with Gasteiger partial charge < -0.3 is 0 Å². The minimum absolute atomic E-state index is 0.365. The molecule has 3 aliphatic carbocycles. The van der Waals surface area contributed by atoms with E-state index in [0.717, 1.165) is 18.8 Å². The van der Waals surface area contributed by atoms with Crippen LogP contribution in [0.4, 0.5) is 0 Å². The Hall–Kier alpha value is -2.60. The van der Waals surface area contributed by atoms with E-state index in [2.05, 4.69) is 83.3 Å². The molecule has 3 aliphatic rings. The van der Waals surface area contributed by atoms with Gasteiger partial charge in [-0.15, -0.1) is 0 Å². The highest BCUT2D eigenvalue weighted by Gasteiger charge is 2.27. The second-order valence-corrected chi connectivity index (χ2v) is 11.6. The predicted octanol–water partition coefficient (Wildman–Crippen LogP) is 9.67. The fourth-order valence-corrected chi connectivity index (χ4v) is 6.73. The van der Waals surface area contributed by atoms with Gasteiger partial charge in [0, 0.05) is 5.92 Å². The number of rotatable bonds is 5. The fourth-order valence-electron chi connectivity index (χ4n) is 6.73. The normalized spacial score (nSPS) is 22.5. The topological polar surface area (TPSA) is 0 Å². The van der Waals surface area contributed by atoms with E-state index in [9.17, 15) is 0 Å². The summed E-state index contributed by atoms with van der Waals surface area (Å²) in [7, 11) is 0. The second-order valence-electron chi connectivity index (χ2n) is 11.6. The summed E-state index contributed by atoms with van der Waals surface area (Å²) in [6.45, 7) is 18.0. The molecule has 0 bridgehead atoms. The monoisotopic (exact) mass is 462 g/mol. The van der Waals surface area contributed by atoms with E-state index in [1.807, 2.05) is 0 Å². The first-order chi connectivity index (χ1) is 16.8. The van der Waals surface area contributed by atoms with Crippen molar-refractivity contribution in [1.29, 1.82) is 0 Å². The van der Waals surface area contributed by atoms with E-state index in [1.165, 1.54) is 94.2 Å². The molecule has 0 heteroatoms. The van der Waals surface area contributed by atoms with Gasteiger partial charge in [0.25, 0.3) is 0 Å². The maximum absolute atomic E-state index is 4.44. The first-order valence-electron chi connectivity index (χ1n) is 13.8. The van der Waals surface area contributed by atoms with Gasteiger partial charge in [0.1, 0.15) is 0 Å². The van der Waals surface area contributed by atoms with E-state index in [-0.39, 0.29) is 0 Å². The minimum atomic E-state index is 0.365. The fraction of sp³-hybridized carbons (Fsp3) is 0.429. The molecule has 0 amide bonds. The third kappa shape index (κ3) is 4.65. The standard InChI is InChI=1S/C35H42/c1-22-15-16-23(2)32(26(22)5)20-29-18-30-13-10-14-31(34(30)21-29)35-17-24(3)25(4)27(6)33(35)19-28-11-8-7-9-12-28/h10,13-18,22,28,32H,2,5,7-9,11-12,19-21H2,1,3-4,6H3. The lowest BCUT2D eigenvalue weighted by Crippen LogP contribution is -2.15. The molecule has 1 saturated carbocycles. The maximum Gasteiger partial charge on any atom is 0.00826 e. The summed E-state index contributed by atoms with van der Waals surface area (Å²) < 4.78 is 0. The first kappa shape index (κ1) is 24.1.